The van der Waals surface area contributed by atoms with E-state index in [1.807, 2.05) is 12.1 Å². The number of carbonyl (C=O) groups is 2. The van der Waals surface area contributed by atoms with Crippen LogP contribution >= 0.6 is 0 Å². The number of nitrogens with one attached hydrogen (secondary N) is 1. The van der Waals surface area contributed by atoms with Crippen molar-refractivity contribution in [3.8, 4) is 5.75 Å². The summed E-state index contributed by atoms with van der Waals surface area (Å²) in [6, 6.07) is 9.07. The zero-order valence-corrected chi connectivity index (χ0v) is 20.2. The molecule has 2 aromatic rings. The average Bonchev–Trinajstić information content (AvgIpc) is 3.47. The maximum atomic E-state index is 12.7. The summed E-state index contributed by atoms with van der Waals surface area (Å²) in [5.41, 5.74) is 0.602. The van der Waals surface area contributed by atoms with Gasteiger partial charge in [0.1, 0.15) is 11.4 Å². The van der Waals surface area contributed by atoms with Gasteiger partial charge in [0.25, 0.3) is 0 Å². The maximum Gasteiger partial charge on any atom is 0.303 e. The standard InChI is InChI=1S/C28H34N2O5/c1-20(31)35-28-11-9-24(29-26(33)8-7-22-10-14-34-18-22)16-27(28,23-3-2-4-25(32)15-23)12-13-30(19-28)17-21-5-6-21/h2-4,7-8,10,14-15,18,21,24,32H,5-6,9,11-13,16-17,19H2,1H3,(H,29,33)/b8-7+/t24-,27-,28-/m0/s1. The van der Waals surface area contributed by atoms with Crippen molar-refractivity contribution in [1.82, 2.24) is 10.2 Å². The van der Waals surface area contributed by atoms with Gasteiger partial charge in [-0.15, -0.1) is 0 Å². The lowest BCUT2D eigenvalue weighted by molar-refractivity contribution is -0.187. The molecular weight excluding hydrogens is 444 g/mol. The van der Waals surface area contributed by atoms with Gasteiger partial charge in [-0.1, -0.05) is 12.1 Å². The molecule has 3 fully saturated rings. The Hall–Kier alpha value is -3.06. The summed E-state index contributed by atoms with van der Waals surface area (Å²) in [4.78, 5) is 27.6. The van der Waals surface area contributed by atoms with Crippen molar-refractivity contribution in [2.24, 2.45) is 5.92 Å². The van der Waals surface area contributed by atoms with E-state index in [4.69, 9.17) is 9.15 Å². The fourth-order valence-electron chi connectivity index (χ4n) is 6.23. The van der Waals surface area contributed by atoms with Gasteiger partial charge in [0.2, 0.25) is 5.91 Å². The third kappa shape index (κ3) is 5.01. The van der Waals surface area contributed by atoms with Gasteiger partial charge in [0.15, 0.2) is 0 Å². The van der Waals surface area contributed by atoms with Crippen LogP contribution in [0.5, 0.6) is 5.75 Å². The molecule has 5 rings (SSSR count). The molecular formula is C28H34N2O5. The van der Waals surface area contributed by atoms with E-state index in [9.17, 15) is 14.7 Å². The number of phenolic OH excluding ortho intramolecular Hbond substituents is 1. The van der Waals surface area contributed by atoms with Gasteiger partial charge in [-0.2, -0.15) is 0 Å². The molecule has 2 saturated carbocycles. The Bertz CT molecular complexity index is 1090. The van der Waals surface area contributed by atoms with Gasteiger partial charge in [0, 0.05) is 43.1 Å². The molecule has 7 nitrogen and oxygen atoms in total. The lowest BCUT2D eigenvalue weighted by Crippen LogP contribution is -2.68. The minimum Gasteiger partial charge on any atom is -0.508 e. The lowest BCUT2D eigenvalue weighted by Gasteiger charge is -2.59. The number of amides is 1. The molecule has 3 aliphatic rings. The number of nitrogens with zero attached hydrogens (tertiary/aromatic N) is 1. The van der Waals surface area contributed by atoms with Crippen molar-refractivity contribution in [2.45, 2.75) is 62.5 Å². The van der Waals surface area contributed by atoms with Crippen molar-refractivity contribution in [3.05, 3.63) is 60.1 Å². The van der Waals surface area contributed by atoms with E-state index in [-0.39, 0.29) is 23.7 Å². The first-order chi connectivity index (χ1) is 16.9. The zero-order chi connectivity index (χ0) is 24.5. The summed E-state index contributed by atoms with van der Waals surface area (Å²) in [5, 5.41) is 13.5. The summed E-state index contributed by atoms with van der Waals surface area (Å²) in [6.45, 7) is 4.10. The first-order valence-corrected chi connectivity index (χ1v) is 12.6. The van der Waals surface area contributed by atoms with E-state index < -0.39 is 11.0 Å². The van der Waals surface area contributed by atoms with Crippen molar-refractivity contribution in [1.29, 1.82) is 0 Å². The summed E-state index contributed by atoms with van der Waals surface area (Å²) < 4.78 is 11.3. The van der Waals surface area contributed by atoms with Crippen molar-refractivity contribution < 1.29 is 23.8 Å². The Balaban J connectivity index is 1.44. The molecule has 0 spiro atoms. The van der Waals surface area contributed by atoms with Gasteiger partial charge >= 0.3 is 5.97 Å². The molecule has 2 N–H and O–H groups in total. The molecule has 2 heterocycles. The number of ether oxygens (including phenoxy) is 1. The van der Waals surface area contributed by atoms with Crippen LogP contribution < -0.4 is 5.32 Å². The second kappa shape index (κ2) is 9.53. The molecule has 1 aromatic carbocycles. The van der Waals surface area contributed by atoms with E-state index >= 15 is 0 Å². The number of hydrogen-bond acceptors (Lipinski definition) is 6. The largest absolute Gasteiger partial charge is 0.508 e. The summed E-state index contributed by atoms with van der Waals surface area (Å²) in [7, 11) is 0. The molecule has 1 saturated heterocycles. The molecule has 0 unspecified atom stereocenters. The molecule has 7 heteroatoms. The molecule has 1 aliphatic heterocycles. The van der Waals surface area contributed by atoms with Gasteiger partial charge < -0.3 is 19.6 Å². The number of esters is 1. The normalized spacial score (nSPS) is 29.0. The highest BCUT2D eigenvalue weighted by Crippen LogP contribution is 2.54. The third-order valence-corrected chi connectivity index (χ3v) is 7.97. The van der Waals surface area contributed by atoms with Crippen LogP contribution in [-0.2, 0) is 19.7 Å². The number of phenols is 1. The number of carbonyl (C=O) groups excluding carboxylic acids is 2. The maximum absolute atomic E-state index is 12.7. The monoisotopic (exact) mass is 478 g/mol. The Kier molecular flexibility index (Phi) is 6.45. The van der Waals surface area contributed by atoms with Crippen LogP contribution in [0, 0.1) is 5.92 Å². The predicted octanol–water partition coefficient (Wildman–Crippen LogP) is 4.02. The number of rotatable bonds is 7. The average molecular weight is 479 g/mol. The van der Waals surface area contributed by atoms with Crippen LogP contribution in [0.25, 0.3) is 6.08 Å². The molecule has 0 bridgehead atoms. The van der Waals surface area contributed by atoms with E-state index in [1.165, 1.54) is 25.8 Å². The molecule has 0 radical (unpaired) electrons. The van der Waals surface area contributed by atoms with Gasteiger partial charge in [-0.3, -0.25) is 14.5 Å². The van der Waals surface area contributed by atoms with Crippen molar-refractivity contribution in [2.75, 3.05) is 19.6 Å². The second-order valence-corrected chi connectivity index (χ2v) is 10.5. The van der Waals surface area contributed by atoms with E-state index in [0.717, 1.165) is 43.0 Å². The SMILES string of the molecule is CC(=O)O[C@]12CC[C@H](NC(=O)/C=C/c3ccoc3)C[C@]1(c1cccc(O)c1)CCN(CC1CC1)C2. The zero-order valence-electron chi connectivity index (χ0n) is 20.2. The Labute approximate surface area is 206 Å². The summed E-state index contributed by atoms with van der Waals surface area (Å²) >= 11 is 0. The Morgan fingerprint density at radius 1 is 1.26 bits per heavy atom. The van der Waals surface area contributed by atoms with Gasteiger partial charge in [-0.25, -0.2) is 0 Å². The Morgan fingerprint density at radius 3 is 2.83 bits per heavy atom. The van der Waals surface area contributed by atoms with Gasteiger partial charge in [0.05, 0.1) is 12.5 Å². The molecule has 1 aromatic heterocycles. The van der Waals surface area contributed by atoms with Crippen LogP contribution in [0.3, 0.4) is 0 Å². The number of piperidine rings is 1. The molecule has 2 aliphatic carbocycles. The fourth-order valence-corrected chi connectivity index (χ4v) is 6.23. The third-order valence-electron chi connectivity index (χ3n) is 7.97. The number of aromatic hydroxyl groups is 1. The van der Waals surface area contributed by atoms with Crippen LogP contribution in [-0.4, -0.2) is 53.2 Å². The van der Waals surface area contributed by atoms with E-state index in [2.05, 4.69) is 10.2 Å². The molecule has 186 valence electrons. The topological polar surface area (TPSA) is 92.0 Å². The number of fused-ring (bicyclic) bond motifs is 1. The highest BCUT2D eigenvalue weighted by atomic mass is 16.6. The number of benzene rings is 1. The predicted molar refractivity (Wildman–Crippen MR) is 132 cm³/mol. The van der Waals surface area contributed by atoms with Crippen molar-refractivity contribution in [3.63, 3.8) is 0 Å². The highest BCUT2D eigenvalue weighted by Gasteiger charge is 2.61. The Morgan fingerprint density at radius 2 is 2.11 bits per heavy atom. The first kappa shape index (κ1) is 23.7. The van der Waals surface area contributed by atoms with E-state index in [0.29, 0.717) is 19.4 Å². The van der Waals surface area contributed by atoms with Crippen LogP contribution in [0.2, 0.25) is 0 Å². The number of likely N-dealkylation sites (tertiary alicyclic amines) is 1. The number of hydrogen-bond donors (Lipinski definition) is 2. The van der Waals surface area contributed by atoms with Gasteiger partial charge in [-0.05, 0) is 80.8 Å². The minimum absolute atomic E-state index is 0.0717. The number of furan rings is 1. The fraction of sp³-hybridized carbons (Fsp3) is 0.500. The van der Waals surface area contributed by atoms with Crippen molar-refractivity contribution >= 4 is 18.0 Å². The van der Waals surface area contributed by atoms with E-state index in [1.54, 1.807) is 36.8 Å². The smallest absolute Gasteiger partial charge is 0.303 e. The summed E-state index contributed by atoms with van der Waals surface area (Å²) in [5.74, 6) is 0.500. The van der Waals surface area contributed by atoms with Crippen LogP contribution in [0.15, 0.2) is 53.4 Å². The second-order valence-electron chi connectivity index (χ2n) is 10.5. The molecule has 1 amide bonds. The summed E-state index contributed by atoms with van der Waals surface area (Å²) in [6.07, 6.45) is 11.8. The minimum atomic E-state index is -0.701. The van der Waals surface area contributed by atoms with Crippen LogP contribution in [0.4, 0.5) is 0 Å². The highest BCUT2D eigenvalue weighted by molar-refractivity contribution is 5.91. The molecule has 3 atom stereocenters. The lowest BCUT2D eigenvalue weighted by atomic mass is 9.55. The molecule has 35 heavy (non-hydrogen) atoms. The van der Waals surface area contributed by atoms with Crippen LogP contribution in [0.1, 0.15) is 56.6 Å². The first-order valence-electron chi connectivity index (χ1n) is 12.6. The quantitative estimate of drug-likeness (QED) is 0.461.